The van der Waals surface area contributed by atoms with Crippen molar-refractivity contribution in [1.29, 1.82) is 0 Å². The number of pyridine rings is 2. The van der Waals surface area contributed by atoms with Crippen LogP contribution in [0.25, 0.3) is 27.6 Å². The number of rotatable bonds is 2. The molecule has 9 heteroatoms. The maximum absolute atomic E-state index is 14.2. The Bertz CT molecular complexity index is 1180. The van der Waals surface area contributed by atoms with Crippen molar-refractivity contribution in [3.63, 3.8) is 0 Å². The molecule has 0 aliphatic rings. The third kappa shape index (κ3) is 2.30. The van der Waals surface area contributed by atoms with Crippen molar-refractivity contribution < 1.29 is 13.5 Å². The molecule has 0 unspecified atom stereocenters. The second-order valence-electron chi connectivity index (χ2n) is 5.24. The Morgan fingerprint density at radius 2 is 1.92 bits per heavy atom. The highest BCUT2D eigenvalue weighted by molar-refractivity contribution is 9.10. The first-order valence-electron chi connectivity index (χ1n) is 7.07. The van der Waals surface area contributed by atoms with Crippen LogP contribution in [0.15, 0.2) is 40.0 Å². The van der Waals surface area contributed by atoms with Crippen molar-refractivity contribution in [2.24, 2.45) is 0 Å². The molecule has 3 aromatic heterocycles. The van der Waals surface area contributed by atoms with Gasteiger partial charge in [-0.15, -0.1) is 0 Å². The lowest BCUT2D eigenvalue weighted by molar-refractivity contribution is 0.412. The number of aromatic nitrogens is 4. The van der Waals surface area contributed by atoms with Gasteiger partial charge in [-0.3, -0.25) is 14.5 Å². The molecule has 0 atom stereocenters. The smallest absolute Gasteiger partial charge is 0.331 e. The third-order valence-electron chi connectivity index (χ3n) is 3.83. The molecule has 6 nitrogen and oxygen atoms in total. The summed E-state index contributed by atoms with van der Waals surface area (Å²) in [7, 11) is 1.51. The summed E-state index contributed by atoms with van der Waals surface area (Å²) in [5, 5.41) is 0.527. The van der Waals surface area contributed by atoms with Gasteiger partial charge in [-0.25, -0.2) is 13.6 Å². The Morgan fingerprint density at radius 1 is 1.20 bits per heavy atom. The Kier molecular flexibility index (Phi) is 3.53. The second kappa shape index (κ2) is 5.62. The van der Waals surface area contributed by atoms with E-state index < -0.39 is 23.0 Å². The van der Waals surface area contributed by atoms with E-state index in [1.54, 1.807) is 12.1 Å². The van der Waals surface area contributed by atoms with Crippen LogP contribution >= 0.6 is 15.9 Å². The number of benzene rings is 1. The van der Waals surface area contributed by atoms with E-state index in [0.29, 0.717) is 32.2 Å². The van der Waals surface area contributed by atoms with Gasteiger partial charge in [-0.2, -0.15) is 0 Å². The number of aromatic amines is 1. The number of nitrogens with one attached hydrogen (secondary N) is 1. The molecule has 1 N–H and O–H groups in total. The molecule has 4 aromatic rings. The largest absolute Gasteiger partial charge is 0.495 e. The van der Waals surface area contributed by atoms with Gasteiger partial charge in [0, 0.05) is 11.5 Å². The van der Waals surface area contributed by atoms with Gasteiger partial charge in [-0.05, 0) is 22.0 Å². The molecule has 25 heavy (non-hydrogen) atoms. The second-order valence-corrected chi connectivity index (χ2v) is 6.10. The van der Waals surface area contributed by atoms with Gasteiger partial charge in [-0.1, -0.05) is 0 Å². The predicted molar refractivity (Wildman–Crippen MR) is 91.2 cm³/mol. The summed E-state index contributed by atoms with van der Waals surface area (Å²) in [4.78, 5) is 22.7. The van der Waals surface area contributed by atoms with Gasteiger partial charge in [0.1, 0.15) is 11.4 Å². The lowest BCUT2D eigenvalue weighted by Crippen LogP contribution is -2.17. The Morgan fingerprint density at radius 3 is 2.60 bits per heavy atom. The maximum atomic E-state index is 14.2. The number of H-pyrrole nitrogens is 1. The fourth-order valence-corrected chi connectivity index (χ4v) is 3.28. The minimum atomic E-state index is -0.944. The summed E-state index contributed by atoms with van der Waals surface area (Å²) in [5.74, 6) is -1.34. The first-order chi connectivity index (χ1) is 12.0. The molecule has 0 fully saturated rings. The summed E-state index contributed by atoms with van der Waals surface area (Å²) in [5.41, 5.74) is -0.00589. The molecule has 0 amide bonds. The van der Waals surface area contributed by atoms with Crippen molar-refractivity contribution in [1.82, 2.24) is 19.5 Å². The zero-order valence-electron chi connectivity index (χ0n) is 12.7. The van der Waals surface area contributed by atoms with E-state index in [2.05, 4.69) is 30.9 Å². The summed E-state index contributed by atoms with van der Waals surface area (Å²) in [6.07, 6.45) is 3.14. The number of methoxy groups -OCH3 is 1. The van der Waals surface area contributed by atoms with Crippen LogP contribution in [-0.2, 0) is 0 Å². The van der Waals surface area contributed by atoms with Gasteiger partial charge >= 0.3 is 5.69 Å². The summed E-state index contributed by atoms with van der Waals surface area (Å²) in [6, 6.07) is 3.35. The van der Waals surface area contributed by atoms with E-state index in [0.717, 1.165) is 17.0 Å². The topological polar surface area (TPSA) is 72.8 Å². The number of fused-ring (bicyclic) bond motifs is 3. The van der Waals surface area contributed by atoms with Crippen molar-refractivity contribution in [2.75, 3.05) is 7.11 Å². The summed E-state index contributed by atoms with van der Waals surface area (Å²) in [6.45, 7) is 0. The highest BCUT2D eigenvalue weighted by atomic mass is 79.9. The SMILES string of the molecule is COc1cc2ncc3[nH]c(=O)n(-c4c(F)cncc4F)c3c2cc1Br. The van der Waals surface area contributed by atoms with Gasteiger partial charge in [0.05, 0.1) is 46.7 Å². The molecule has 0 radical (unpaired) electrons. The Hall–Kier alpha value is -2.81. The molecule has 0 saturated carbocycles. The minimum absolute atomic E-state index is 0.308. The van der Waals surface area contributed by atoms with Crippen LogP contribution < -0.4 is 10.4 Å². The van der Waals surface area contributed by atoms with Crippen molar-refractivity contribution in [3.05, 3.63) is 57.3 Å². The van der Waals surface area contributed by atoms with E-state index >= 15 is 0 Å². The Labute approximate surface area is 147 Å². The molecule has 1 aromatic carbocycles. The normalized spacial score (nSPS) is 11.4. The van der Waals surface area contributed by atoms with E-state index in [4.69, 9.17) is 4.74 Å². The van der Waals surface area contributed by atoms with Crippen LogP contribution in [0.2, 0.25) is 0 Å². The zero-order chi connectivity index (χ0) is 17.7. The zero-order valence-corrected chi connectivity index (χ0v) is 14.3. The summed E-state index contributed by atoms with van der Waals surface area (Å²) < 4.78 is 35.2. The first kappa shape index (κ1) is 15.7. The van der Waals surface area contributed by atoms with Gasteiger partial charge in [0.2, 0.25) is 0 Å². The van der Waals surface area contributed by atoms with Crippen molar-refractivity contribution in [3.8, 4) is 11.4 Å². The monoisotopic (exact) mass is 406 g/mol. The lowest BCUT2D eigenvalue weighted by atomic mass is 10.2. The maximum Gasteiger partial charge on any atom is 0.331 e. The third-order valence-corrected chi connectivity index (χ3v) is 4.45. The molecular formula is C16H9BrF2N4O2. The molecule has 4 rings (SSSR count). The quantitative estimate of drug-likeness (QED) is 0.554. The molecule has 0 spiro atoms. The number of imidazole rings is 1. The average molecular weight is 407 g/mol. The standard InChI is InChI=1S/C16H9BrF2N4O2/c1-25-13-3-11-7(2-8(13)17)14-12(6-21-11)22-16(24)23(14)15-9(18)4-20-5-10(15)19/h2-6H,1H3,(H,22,24). The highest BCUT2D eigenvalue weighted by Gasteiger charge is 2.20. The van der Waals surface area contributed by atoms with Crippen LogP contribution in [0, 0.1) is 11.6 Å². The van der Waals surface area contributed by atoms with Crippen LogP contribution in [0.3, 0.4) is 0 Å². The van der Waals surface area contributed by atoms with Crippen molar-refractivity contribution in [2.45, 2.75) is 0 Å². The van der Waals surface area contributed by atoms with Gasteiger partial charge in [0.15, 0.2) is 11.6 Å². The number of hydrogen-bond acceptors (Lipinski definition) is 4. The highest BCUT2D eigenvalue weighted by Crippen LogP contribution is 2.33. The van der Waals surface area contributed by atoms with E-state index in [1.807, 2.05) is 0 Å². The first-order valence-corrected chi connectivity index (χ1v) is 7.87. The molecule has 126 valence electrons. The molecule has 3 heterocycles. The average Bonchev–Trinajstić information content (AvgIpc) is 2.91. The van der Waals surface area contributed by atoms with E-state index in [9.17, 15) is 13.6 Å². The van der Waals surface area contributed by atoms with Crippen LogP contribution in [-0.4, -0.2) is 26.6 Å². The molecule has 0 bridgehead atoms. The van der Waals surface area contributed by atoms with Crippen LogP contribution in [0.5, 0.6) is 5.75 Å². The molecular weight excluding hydrogens is 398 g/mol. The number of hydrogen-bond donors (Lipinski definition) is 1. The van der Waals surface area contributed by atoms with Crippen LogP contribution in [0.1, 0.15) is 0 Å². The predicted octanol–water partition coefficient (Wildman–Crippen LogP) is 3.31. The summed E-state index contributed by atoms with van der Waals surface area (Å²) >= 11 is 3.37. The van der Waals surface area contributed by atoms with Crippen molar-refractivity contribution >= 4 is 37.9 Å². The fourth-order valence-electron chi connectivity index (χ4n) is 2.77. The fraction of sp³-hybridized carbons (Fsp3) is 0.0625. The lowest BCUT2D eigenvalue weighted by Gasteiger charge is -2.09. The van der Waals surface area contributed by atoms with Crippen LogP contribution in [0.4, 0.5) is 8.78 Å². The minimum Gasteiger partial charge on any atom is -0.495 e. The molecule has 0 aliphatic carbocycles. The van der Waals surface area contributed by atoms with Gasteiger partial charge < -0.3 is 9.72 Å². The van der Waals surface area contributed by atoms with Gasteiger partial charge in [0.25, 0.3) is 0 Å². The Balaban J connectivity index is 2.21. The molecule has 0 saturated heterocycles. The molecule has 0 aliphatic heterocycles. The van der Waals surface area contributed by atoms with E-state index in [-0.39, 0.29) is 0 Å². The number of halogens is 3. The number of nitrogens with zero attached hydrogens (tertiary/aromatic N) is 3. The van der Waals surface area contributed by atoms with E-state index in [1.165, 1.54) is 13.3 Å². The number of ether oxygens (including phenoxy) is 1.